The summed E-state index contributed by atoms with van der Waals surface area (Å²) in [4.78, 5) is 0. The second-order valence-electron chi connectivity index (χ2n) is 5.57. The average Bonchev–Trinajstić information content (AvgIpc) is 2.57. The molecule has 1 unspecified atom stereocenters. The molecule has 1 nitrogen and oxygen atoms in total. The number of nitrogen functional groups attached to an aromatic ring is 1. The van der Waals surface area contributed by atoms with Gasteiger partial charge in [0.1, 0.15) is 0 Å². The molecule has 22 heavy (non-hydrogen) atoms. The SMILES string of the molecule is CC.CCCC.CCCCC(C)CC.Cc1ccc(N)cc1. The topological polar surface area (TPSA) is 26.0 Å². The number of anilines is 1. The van der Waals surface area contributed by atoms with Crippen molar-refractivity contribution in [2.45, 2.75) is 93.9 Å². The Hall–Kier alpha value is -0.980. The lowest BCUT2D eigenvalue weighted by Gasteiger charge is -2.04. The van der Waals surface area contributed by atoms with Crippen molar-refractivity contribution in [3.05, 3.63) is 29.8 Å². The van der Waals surface area contributed by atoms with Gasteiger partial charge in [-0.2, -0.15) is 0 Å². The van der Waals surface area contributed by atoms with Gasteiger partial charge in [-0.3, -0.25) is 0 Å². The van der Waals surface area contributed by atoms with Gasteiger partial charge in [0.25, 0.3) is 0 Å². The van der Waals surface area contributed by atoms with E-state index in [1.54, 1.807) is 0 Å². The van der Waals surface area contributed by atoms with E-state index >= 15 is 0 Å². The minimum atomic E-state index is 0.829. The summed E-state index contributed by atoms with van der Waals surface area (Å²) in [7, 11) is 0. The Morgan fingerprint density at radius 3 is 1.59 bits per heavy atom. The van der Waals surface area contributed by atoms with Crippen molar-refractivity contribution < 1.29 is 0 Å². The van der Waals surface area contributed by atoms with Gasteiger partial charge in [0.05, 0.1) is 0 Å². The molecule has 0 aliphatic carbocycles. The zero-order valence-electron chi connectivity index (χ0n) is 16.7. The standard InChI is InChI=1S/C8H18.C7H9N.C4H10.C2H6/c1-4-6-7-8(3)5-2;1-6-2-4-7(8)5-3-6;1-3-4-2;1-2/h8H,4-7H2,1-3H3;2-5H,8H2,1H3;3-4H2,1-2H3;1-2H3. The van der Waals surface area contributed by atoms with Crippen molar-refractivity contribution in [2.24, 2.45) is 5.92 Å². The van der Waals surface area contributed by atoms with Gasteiger partial charge < -0.3 is 5.73 Å². The number of nitrogens with two attached hydrogens (primary N) is 1. The summed E-state index contributed by atoms with van der Waals surface area (Å²) >= 11 is 0. The molecule has 2 N–H and O–H groups in total. The van der Waals surface area contributed by atoms with E-state index in [0.717, 1.165) is 11.6 Å². The molecule has 0 saturated heterocycles. The minimum absolute atomic E-state index is 0.829. The highest BCUT2D eigenvalue weighted by molar-refractivity contribution is 5.38. The van der Waals surface area contributed by atoms with Crippen LogP contribution >= 0.6 is 0 Å². The highest BCUT2D eigenvalue weighted by Gasteiger charge is 1.94. The minimum Gasteiger partial charge on any atom is -0.399 e. The second-order valence-corrected chi connectivity index (χ2v) is 5.57. The Labute approximate surface area is 141 Å². The zero-order valence-corrected chi connectivity index (χ0v) is 16.7. The predicted octanol–water partition coefficient (Wildman–Crippen LogP) is 7.63. The van der Waals surface area contributed by atoms with E-state index in [1.165, 1.54) is 44.1 Å². The molecule has 0 aliphatic heterocycles. The van der Waals surface area contributed by atoms with Crippen LogP contribution in [0.2, 0.25) is 0 Å². The van der Waals surface area contributed by atoms with E-state index in [4.69, 9.17) is 5.73 Å². The van der Waals surface area contributed by atoms with Gasteiger partial charge in [0.15, 0.2) is 0 Å². The van der Waals surface area contributed by atoms with Crippen LogP contribution in [-0.2, 0) is 0 Å². The molecule has 0 amide bonds. The number of rotatable bonds is 5. The summed E-state index contributed by atoms with van der Waals surface area (Å²) in [5, 5.41) is 0. The van der Waals surface area contributed by atoms with Crippen LogP contribution in [0.15, 0.2) is 24.3 Å². The van der Waals surface area contributed by atoms with Crippen LogP contribution in [0.3, 0.4) is 0 Å². The fourth-order valence-electron chi connectivity index (χ4n) is 1.32. The average molecular weight is 310 g/mol. The molecular weight excluding hydrogens is 266 g/mol. The molecule has 1 heteroatoms. The third kappa shape index (κ3) is 24.1. The second kappa shape index (κ2) is 22.3. The molecule has 1 aromatic carbocycles. The number of hydrogen-bond donors (Lipinski definition) is 1. The van der Waals surface area contributed by atoms with E-state index in [9.17, 15) is 0 Å². The summed E-state index contributed by atoms with van der Waals surface area (Å²) in [6.45, 7) is 17.2. The van der Waals surface area contributed by atoms with Crippen LogP contribution in [0.1, 0.15) is 92.6 Å². The Balaban J connectivity index is -0.000000245. The normalized spacial score (nSPS) is 10.0. The van der Waals surface area contributed by atoms with Crippen LogP contribution in [0.5, 0.6) is 0 Å². The first-order chi connectivity index (χ1) is 10.5. The van der Waals surface area contributed by atoms with Crippen molar-refractivity contribution in [3.63, 3.8) is 0 Å². The molecule has 0 aliphatic rings. The third-order valence-corrected chi connectivity index (χ3v) is 3.32. The molecular formula is C21H43N. The first-order valence-corrected chi connectivity index (χ1v) is 9.33. The maximum absolute atomic E-state index is 5.43. The molecule has 0 radical (unpaired) electrons. The lowest BCUT2D eigenvalue weighted by Crippen LogP contribution is -1.89. The van der Waals surface area contributed by atoms with Gasteiger partial charge in [0.2, 0.25) is 0 Å². The molecule has 1 rings (SSSR count). The van der Waals surface area contributed by atoms with E-state index in [1.807, 2.05) is 45.0 Å². The van der Waals surface area contributed by atoms with E-state index in [-0.39, 0.29) is 0 Å². The molecule has 132 valence electrons. The largest absolute Gasteiger partial charge is 0.399 e. The van der Waals surface area contributed by atoms with Crippen molar-refractivity contribution in [1.29, 1.82) is 0 Å². The molecule has 0 aromatic heterocycles. The Bertz CT molecular complexity index is 253. The molecule has 0 saturated carbocycles. The fourth-order valence-corrected chi connectivity index (χ4v) is 1.32. The zero-order chi connectivity index (χ0) is 17.8. The quantitative estimate of drug-likeness (QED) is 0.556. The summed E-state index contributed by atoms with van der Waals surface area (Å²) < 4.78 is 0. The lowest BCUT2D eigenvalue weighted by molar-refractivity contribution is 0.492. The highest BCUT2D eigenvalue weighted by Crippen LogP contribution is 2.09. The van der Waals surface area contributed by atoms with Gasteiger partial charge >= 0.3 is 0 Å². The van der Waals surface area contributed by atoms with Gasteiger partial charge in [-0.1, -0.05) is 105 Å². The Kier molecular flexibility index (Phi) is 26.3. The van der Waals surface area contributed by atoms with Gasteiger partial charge in [-0.25, -0.2) is 0 Å². The van der Waals surface area contributed by atoms with E-state index in [0.29, 0.717) is 0 Å². The monoisotopic (exact) mass is 309 g/mol. The molecule has 0 bridgehead atoms. The summed E-state index contributed by atoms with van der Waals surface area (Å²) in [6, 6.07) is 7.79. The van der Waals surface area contributed by atoms with E-state index < -0.39 is 0 Å². The van der Waals surface area contributed by atoms with Gasteiger partial charge in [0, 0.05) is 5.69 Å². The van der Waals surface area contributed by atoms with Crippen molar-refractivity contribution in [2.75, 3.05) is 5.73 Å². The van der Waals surface area contributed by atoms with Crippen LogP contribution in [-0.4, -0.2) is 0 Å². The van der Waals surface area contributed by atoms with Gasteiger partial charge in [-0.05, 0) is 25.0 Å². The van der Waals surface area contributed by atoms with Gasteiger partial charge in [-0.15, -0.1) is 0 Å². The Morgan fingerprint density at radius 1 is 0.864 bits per heavy atom. The lowest BCUT2D eigenvalue weighted by atomic mass is 10.0. The van der Waals surface area contributed by atoms with Crippen LogP contribution in [0.25, 0.3) is 0 Å². The summed E-state index contributed by atoms with van der Waals surface area (Å²) in [5.41, 5.74) is 7.51. The van der Waals surface area contributed by atoms with E-state index in [2.05, 4.69) is 34.6 Å². The molecule has 1 aromatic rings. The van der Waals surface area contributed by atoms with Crippen molar-refractivity contribution >= 4 is 5.69 Å². The highest BCUT2D eigenvalue weighted by atomic mass is 14.5. The molecule has 0 heterocycles. The first kappa shape index (κ1) is 25.9. The smallest absolute Gasteiger partial charge is 0.0314 e. The molecule has 0 fully saturated rings. The maximum atomic E-state index is 5.43. The maximum Gasteiger partial charge on any atom is 0.0314 e. The number of benzene rings is 1. The fraction of sp³-hybridized carbons (Fsp3) is 0.714. The number of unbranched alkanes of at least 4 members (excludes halogenated alkanes) is 2. The van der Waals surface area contributed by atoms with Crippen LogP contribution in [0.4, 0.5) is 5.69 Å². The summed E-state index contributed by atoms with van der Waals surface area (Å²) in [5.74, 6) is 0.954. The van der Waals surface area contributed by atoms with Crippen molar-refractivity contribution in [1.82, 2.24) is 0 Å². The number of hydrogen-bond acceptors (Lipinski definition) is 1. The molecule has 0 spiro atoms. The third-order valence-electron chi connectivity index (χ3n) is 3.32. The van der Waals surface area contributed by atoms with Crippen molar-refractivity contribution in [3.8, 4) is 0 Å². The number of aryl methyl sites for hydroxylation is 1. The predicted molar refractivity (Wildman–Crippen MR) is 107 cm³/mol. The Morgan fingerprint density at radius 2 is 1.32 bits per heavy atom. The van der Waals surface area contributed by atoms with Crippen LogP contribution < -0.4 is 5.73 Å². The van der Waals surface area contributed by atoms with Crippen LogP contribution in [0, 0.1) is 12.8 Å². The molecule has 1 atom stereocenters. The first-order valence-electron chi connectivity index (χ1n) is 9.33. The summed E-state index contributed by atoms with van der Waals surface area (Å²) in [6.07, 6.45) is 8.17.